The Morgan fingerprint density at radius 2 is 1.90 bits per heavy atom. The quantitative estimate of drug-likeness (QED) is 0.716. The van der Waals surface area contributed by atoms with Gasteiger partial charge in [0.15, 0.2) is 0 Å². The summed E-state index contributed by atoms with van der Waals surface area (Å²) in [5, 5.41) is 1.08. The van der Waals surface area contributed by atoms with E-state index in [1.165, 1.54) is 23.0 Å². The molecule has 0 N–H and O–H groups in total. The molecule has 0 aromatic rings. The number of rotatable bonds is 2. The first-order valence-corrected chi connectivity index (χ1v) is 16.5. The van der Waals surface area contributed by atoms with Gasteiger partial charge in [-0.3, -0.25) is 0 Å². The molecular formula is C5H9S4Sb. The zero-order valence-corrected chi connectivity index (χ0v) is 11.3. The summed E-state index contributed by atoms with van der Waals surface area (Å²) in [5.41, 5.74) is 0. The zero-order chi connectivity index (χ0) is 6.81. The van der Waals surface area contributed by atoms with Crippen LogP contribution in [-0.2, 0) is 0 Å². The summed E-state index contributed by atoms with van der Waals surface area (Å²) < 4.78 is 0. The van der Waals surface area contributed by atoms with Gasteiger partial charge in [-0.1, -0.05) is 0 Å². The molecule has 0 bridgehead atoms. The molecule has 0 aromatic heterocycles. The molecule has 0 atom stereocenters. The topological polar surface area (TPSA) is 0 Å². The van der Waals surface area contributed by atoms with Crippen molar-refractivity contribution in [1.82, 2.24) is 0 Å². The van der Waals surface area contributed by atoms with Crippen molar-refractivity contribution in [2.45, 2.75) is 5.25 Å². The van der Waals surface area contributed by atoms with Crippen LogP contribution in [0.3, 0.4) is 0 Å². The average Bonchev–Trinajstić information content (AvgIpc) is 2.29. The molecule has 0 spiro atoms. The maximum absolute atomic E-state index is 2.38. The SMILES string of the molecule is C1C[S][Sb]([S]C2CSC2)[S]1. The molecule has 2 aliphatic heterocycles. The van der Waals surface area contributed by atoms with E-state index in [0.717, 1.165) is 5.25 Å². The third-order valence-electron chi connectivity index (χ3n) is 1.32. The van der Waals surface area contributed by atoms with Crippen molar-refractivity contribution < 1.29 is 0 Å². The third kappa shape index (κ3) is 2.35. The molecule has 2 saturated heterocycles. The Morgan fingerprint density at radius 3 is 2.40 bits per heavy atom. The number of hydrogen-bond acceptors (Lipinski definition) is 4. The average molecular weight is 319 g/mol. The molecule has 2 fully saturated rings. The second kappa shape index (κ2) is 4.45. The van der Waals surface area contributed by atoms with Crippen molar-refractivity contribution in [2.75, 3.05) is 23.0 Å². The van der Waals surface area contributed by atoms with Crippen molar-refractivity contribution in [1.29, 1.82) is 0 Å². The van der Waals surface area contributed by atoms with Gasteiger partial charge in [-0.05, 0) is 0 Å². The van der Waals surface area contributed by atoms with E-state index >= 15 is 0 Å². The maximum atomic E-state index is 2.38. The predicted octanol–water partition coefficient (Wildman–Crippen LogP) is 2.30. The van der Waals surface area contributed by atoms with Crippen LogP contribution in [0.5, 0.6) is 0 Å². The second-order valence-corrected chi connectivity index (χ2v) is 24.9. The van der Waals surface area contributed by atoms with Crippen LogP contribution < -0.4 is 0 Å². The van der Waals surface area contributed by atoms with E-state index in [4.69, 9.17) is 0 Å². The molecular weight excluding hydrogens is 310 g/mol. The van der Waals surface area contributed by atoms with Gasteiger partial charge < -0.3 is 0 Å². The number of hydrogen-bond donors (Lipinski definition) is 0. The third-order valence-corrected chi connectivity index (χ3v) is 28.0. The molecule has 0 nitrogen and oxygen atoms in total. The molecule has 0 amide bonds. The predicted molar refractivity (Wildman–Crippen MR) is 59.4 cm³/mol. The van der Waals surface area contributed by atoms with E-state index in [2.05, 4.69) is 38.3 Å². The van der Waals surface area contributed by atoms with Crippen molar-refractivity contribution in [2.24, 2.45) is 0 Å². The zero-order valence-electron chi connectivity index (χ0n) is 5.49. The summed E-state index contributed by atoms with van der Waals surface area (Å²) in [6.45, 7) is 0. The van der Waals surface area contributed by atoms with Crippen LogP contribution in [0.25, 0.3) is 0 Å². The summed E-state index contributed by atoms with van der Waals surface area (Å²) in [6.07, 6.45) is 0. The molecule has 0 unspecified atom stereocenters. The van der Waals surface area contributed by atoms with Gasteiger partial charge in [0.25, 0.3) is 0 Å². The number of thioether (sulfide) groups is 1. The first-order valence-electron chi connectivity index (χ1n) is 3.25. The van der Waals surface area contributed by atoms with E-state index in [1.54, 1.807) is 0 Å². The molecule has 10 heavy (non-hydrogen) atoms. The molecule has 5 heteroatoms. The van der Waals surface area contributed by atoms with Crippen molar-refractivity contribution in [3.63, 3.8) is 0 Å². The summed E-state index contributed by atoms with van der Waals surface area (Å²) in [4.78, 5) is 0. The van der Waals surface area contributed by atoms with Gasteiger partial charge in [0.2, 0.25) is 0 Å². The van der Waals surface area contributed by atoms with Crippen LogP contribution in [0.2, 0.25) is 0 Å². The van der Waals surface area contributed by atoms with Gasteiger partial charge in [-0.25, -0.2) is 0 Å². The van der Waals surface area contributed by atoms with Crippen LogP contribution in [0.4, 0.5) is 0 Å². The van der Waals surface area contributed by atoms with Crippen molar-refractivity contribution >= 4 is 54.3 Å². The Balaban J connectivity index is 1.68. The van der Waals surface area contributed by atoms with Crippen LogP contribution in [-0.4, -0.2) is 44.3 Å². The molecule has 0 saturated carbocycles. The Kier molecular flexibility index (Phi) is 3.92. The van der Waals surface area contributed by atoms with Crippen LogP contribution in [0, 0.1) is 0 Å². The van der Waals surface area contributed by atoms with Crippen molar-refractivity contribution in [3.8, 4) is 0 Å². The Bertz CT molecular complexity index is 110. The van der Waals surface area contributed by atoms with Gasteiger partial charge in [-0.15, -0.1) is 0 Å². The summed E-state index contributed by atoms with van der Waals surface area (Å²) in [5.74, 6) is 5.82. The monoisotopic (exact) mass is 318 g/mol. The van der Waals surface area contributed by atoms with Gasteiger partial charge >= 0.3 is 82.6 Å². The summed E-state index contributed by atoms with van der Waals surface area (Å²) in [7, 11) is 7.02. The van der Waals surface area contributed by atoms with Gasteiger partial charge in [0, 0.05) is 0 Å². The molecule has 0 radical (unpaired) electrons. The first-order chi connectivity index (χ1) is 4.95. The minimum atomic E-state index is -0.768. The minimum absolute atomic E-state index is 0.768. The summed E-state index contributed by atoms with van der Waals surface area (Å²) >= 11 is 1.35. The van der Waals surface area contributed by atoms with Crippen LogP contribution in [0.1, 0.15) is 0 Å². The fourth-order valence-corrected chi connectivity index (χ4v) is 31.7. The second-order valence-electron chi connectivity index (χ2n) is 2.15. The van der Waals surface area contributed by atoms with E-state index in [0.29, 0.717) is 0 Å². The van der Waals surface area contributed by atoms with Crippen molar-refractivity contribution in [3.05, 3.63) is 0 Å². The molecule has 58 valence electrons. The van der Waals surface area contributed by atoms with E-state index in [-0.39, 0.29) is 0 Å². The Labute approximate surface area is 81.6 Å². The fourth-order valence-electron chi connectivity index (χ4n) is 0.718. The first kappa shape index (κ1) is 8.80. The van der Waals surface area contributed by atoms with E-state index in [9.17, 15) is 0 Å². The Hall–Kier alpha value is 2.22. The molecule has 0 aromatic carbocycles. The van der Waals surface area contributed by atoms with Gasteiger partial charge in [0.05, 0.1) is 0 Å². The molecule has 0 aliphatic carbocycles. The fraction of sp³-hybridized carbons (Fsp3) is 1.00. The Morgan fingerprint density at radius 1 is 1.20 bits per heavy atom. The molecule has 2 rings (SSSR count). The van der Waals surface area contributed by atoms with Crippen LogP contribution in [0.15, 0.2) is 0 Å². The summed E-state index contributed by atoms with van der Waals surface area (Å²) in [6, 6.07) is 0. The normalized spacial score (nSPS) is 28.8. The van der Waals surface area contributed by atoms with E-state index in [1.807, 2.05) is 0 Å². The molecule has 2 aliphatic rings. The van der Waals surface area contributed by atoms with Crippen LogP contribution >= 0.6 is 38.3 Å². The van der Waals surface area contributed by atoms with Gasteiger partial charge in [0.1, 0.15) is 0 Å². The van der Waals surface area contributed by atoms with E-state index < -0.39 is 16.0 Å². The standard InChI is InChI=1S/C3H6S2.C2H6S2.Sb/c4-3-1-5-2-3;3-1-2-4;/h3-4H,1-2H2;3-4H,1-2H2;/q;;+3/p-3. The van der Waals surface area contributed by atoms with Gasteiger partial charge in [-0.2, -0.15) is 0 Å². The molecule has 2 heterocycles.